The zero-order valence-electron chi connectivity index (χ0n) is 8.03. The predicted molar refractivity (Wildman–Crippen MR) is 52.0 cm³/mol. The molecule has 15 heavy (non-hydrogen) atoms. The van der Waals surface area contributed by atoms with Gasteiger partial charge in [-0.1, -0.05) is 13.8 Å². The van der Waals surface area contributed by atoms with Crippen LogP contribution in [-0.2, 0) is 14.3 Å². The molecule has 0 aromatic rings. The van der Waals surface area contributed by atoms with Gasteiger partial charge in [-0.15, -0.1) is 0 Å². The molecule has 0 aromatic carbocycles. The largest absolute Gasteiger partial charge is 0.469 e. The van der Waals surface area contributed by atoms with Gasteiger partial charge >= 0.3 is 16.8 Å². The SMILES string of the molecule is CC(C)C(=O)OCOC(=O)Cl.O=C(O)Cl. The fourth-order valence-corrected chi connectivity index (χ4v) is 0.345. The van der Waals surface area contributed by atoms with Crippen molar-refractivity contribution in [1.82, 2.24) is 0 Å². The second-order valence-corrected chi connectivity index (χ2v) is 3.00. The lowest BCUT2D eigenvalue weighted by atomic mass is 10.2. The molecule has 0 atom stereocenters. The van der Waals surface area contributed by atoms with E-state index in [1.807, 2.05) is 0 Å². The van der Waals surface area contributed by atoms with Gasteiger partial charge in [-0.3, -0.25) is 4.79 Å². The molecule has 0 rings (SSSR count). The van der Waals surface area contributed by atoms with Crippen LogP contribution in [0.2, 0.25) is 0 Å². The molecule has 6 nitrogen and oxygen atoms in total. The third-order valence-corrected chi connectivity index (χ3v) is 0.954. The van der Waals surface area contributed by atoms with Gasteiger partial charge in [-0.25, -0.2) is 9.59 Å². The van der Waals surface area contributed by atoms with Crippen molar-refractivity contribution in [3.8, 4) is 0 Å². The molecule has 0 unspecified atom stereocenters. The van der Waals surface area contributed by atoms with Crippen molar-refractivity contribution in [2.75, 3.05) is 6.79 Å². The Kier molecular flexibility index (Phi) is 10.4. The molecule has 0 aliphatic carbocycles. The highest BCUT2D eigenvalue weighted by Crippen LogP contribution is 1.96. The summed E-state index contributed by atoms with van der Waals surface area (Å²) in [5.41, 5.74) is -2.35. The number of esters is 1. The molecule has 0 fully saturated rings. The molecule has 0 spiro atoms. The molecule has 1 N–H and O–H groups in total. The predicted octanol–water partition coefficient (Wildman–Crippen LogP) is 2.42. The summed E-state index contributed by atoms with van der Waals surface area (Å²) in [6.07, 6.45) is 0. The van der Waals surface area contributed by atoms with Gasteiger partial charge in [0.05, 0.1) is 5.92 Å². The highest BCUT2D eigenvalue weighted by atomic mass is 35.5. The van der Waals surface area contributed by atoms with Crippen LogP contribution in [0.3, 0.4) is 0 Å². The Balaban J connectivity index is 0. The summed E-state index contributed by atoms with van der Waals surface area (Å²) in [4.78, 5) is 29.4. The molecule has 88 valence electrons. The van der Waals surface area contributed by atoms with E-state index in [1.165, 1.54) is 0 Å². The number of hydrogen-bond donors (Lipinski definition) is 1. The molecule has 0 aliphatic heterocycles. The normalized spacial score (nSPS) is 8.60. The van der Waals surface area contributed by atoms with Crippen molar-refractivity contribution in [3.63, 3.8) is 0 Å². The van der Waals surface area contributed by atoms with Gasteiger partial charge in [-0.05, 0) is 0 Å². The average Bonchev–Trinajstić information content (AvgIpc) is 2.01. The Morgan fingerprint density at radius 1 is 1.20 bits per heavy atom. The number of carbonyl (C=O) groups excluding carboxylic acids is 2. The monoisotopic (exact) mass is 260 g/mol. The van der Waals surface area contributed by atoms with Crippen LogP contribution < -0.4 is 0 Å². The number of carboxylic acid groups (broad SMARTS) is 1. The third kappa shape index (κ3) is 19.4. The lowest BCUT2D eigenvalue weighted by Crippen LogP contribution is -2.14. The first kappa shape index (κ1) is 16.4. The zero-order chi connectivity index (χ0) is 12.4. The standard InChI is InChI=1S/C6H9ClO4.CHClO2/c1-4(2)5(8)10-3-11-6(7)9;2-1(3)4/h4H,3H2,1-2H3;(H,3,4). The summed E-state index contributed by atoms with van der Waals surface area (Å²) in [6, 6.07) is 0. The quantitative estimate of drug-likeness (QED) is 0.476. The molecule has 0 heterocycles. The van der Waals surface area contributed by atoms with Gasteiger partial charge < -0.3 is 14.6 Å². The van der Waals surface area contributed by atoms with Gasteiger partial charge in [-0.2, -0.15) is 0 Å². The van der Waals surface area contributed by atoms with Crippen molar-refractivity contribution in [2.45, 2.75) is 13.8 Å². The second kappa shape index (κ2) is 9.54. The summed E-state index contributed by atoms with van der Waals surface area (Å²) < 4.78 is 8.59. The van der Waals surface area contributed by atoms with E-state index in [0.29, 0.717) is 0 Å². The van der Waals surface area contributed by atoms with Crippen LogP contribution >= 0.6 is 23.2 Å². The summed E-state index contributed by atoms with van der Waals surface area (Å²) in [6.45, 7) is 2.93. The fourth-order valence-electron chi connectivity index (χ4n) is 0.301. The van der Waals surface area contributed by atoms with Crippen molar-refractivity contribution < 1.29 is 29.0 Å². The first-order valence-electron chi connectivity index (χ1n) is 3.64. The minimum absolute atomic E-state index is 0.232. The maximum atomic E-state index is 10.7. The van der Waals surface area contributed by atoms with E-state index in [4.69, 9.17) is 21.5 Å². The van der Waals surface area contributed by atoms with Gasteiger partial charge in [0.1, 0.15) is 0 Å². The lowest BCUT2D eigenvalue weighted by Gasteiger charge is -2.04. The van der Waals surface area contributed by atoms with E-state index in [1.54, 1.807) is 13.8 Å². The Hall–Kier alpha value is -1.01. The molecular formula is C7H10Cl2O6. The molecule has 0 amide bonds. The van der Waals surface area contributed by atoms with Crippen molar-refractivity contribution in [1.29, 1.82) is 0 Å². The van der Waals surface area contributed by atoms with E-state index < -0.39 is 23.6 Å². The van der Waals surface area contributed by atoms with Crippen molar-refractivity contribution >= 4 is 40.0 Å². The maximum absolute atomic E-state index is 10.7. The topological polar surface area (TPSA) is 89.9 Å². The Morgan fingerprint density at radius 2 is 1.60 bits per heavy atom. The Bertz CT molecular complexity index is 224. The first-order valence-corrected chi connectivity index (χ1v) is 4.40. The van der Waals surface area contributed by atoms with Crippen LogP contribution in [-0.4, -0.2) is 28.7 Å². The van der Waals surface area contributed by atoms with E-state index in [0.717, 1.165) is 0 Å². The third-order valence-electron chi connectivity index (χ3n) is 0.845. The first-order chi connectivity index (χ1) is 6.77. The molecule has 0 aliphatic rings. The van der Waals surface area contributed by atoms with Crippen LogP contribution in [0.1, 0.15) is 13.8 Å². The molecule has 8 heteroatoms. The molecule has 0 aromatic heterocycles. The number of hydrogen-bond acceptors (Lipinski definition) is 5. The highest BCUT2D eigenvalue weighted by Gasteiger charge is 2.08. The maximum Gasteiger partial charge on any atom is 0.406 e. The number of halogens is 2. The molecule has 0 saturated carbocycles. The van der Waals surface area contributed by atoms with Gasteiger partial charge in [0.15, 0.2) is 0 Å². The number of ether oxygens (including phenoxy) is 2. The average molecular weight is 261 g/mol. The summed E-state index contributed by atoms with van der Waals surface area (Å²) in [7, 11) is 0. The number of rotatable bonds is 3. The van der Waals surface area contributed by atoms with Crippen LogP contribution in [0.15, 0.2) is 0 Å². The summed E-state index contributed by atoms with van der Waals surface area (Å²) >= 11 is 8.98. The van der Waals surface area contributed by atoms with E-state index in [-0.39, 0.29) is 5.92 Å². The Morgan fingerprint density at radius 3 is 1.87 bits per heavy atom. The molecular weight excluding hydrogens is 251 g/mol. The highest BCUT2D eigenvalue weighted by molar-refractivity contribution is 6.61. The minimum Gasteiger partial charge on any atom is -0.469 e. The molecule has 0 saturated heterocycles. The number of carbonyl (C=O) groups is 3. The van der Waals surface area contributed by atoms with Crippen LogP contribution in [0.25, 0.3) is 0 Å². The zero-order valence-corrected chi connectivity index (χ0v) is 9.54. The van der Waals surface area contributed by atoms with Gasteiger partial charge in [0.2, 0.25) is 6.79 Å². The minimum atomic E-state index is -1.36. The molecule has 0 radical (unpaired) electrons. The molecule has 0 bridgehead atoms. The van der Waals surface area contributed by atoms with Gasteiger partial charge in [0, 0.05) is 23.2 Å². The van der Waals surface area contributed by atoms with Crippen LogP contribution in [0, 0.1) is 5.92 Å². The summed E-state index contributed by atoms with van der Waals surface area (Å²) in [5.74, 6) is -0.660. The van der Waals surface area contributed by atoms with E-state index >= 15 is 0 Å². The second-order valence-electron chi connectivity index (χ2n) is 2.37. The Labute approximate surface area is 96.0 Å². The van der Waals surface area contributed by atoms with E-state index in [9.17, 15) is 9.59 Å². The van der Waals surface area contributed by atoms with Crippen LogP contribution in [0.5, 0.6) is 0 Å². The van der Waals surface area contributed by atoms with E-state index in [2.05, 4.69) is 21.1 Å². The van der Waals surface area contributed by atoms with Crippen LogP contribution in [0.4, 0.5) is 9.59 Å². The van der Waals surface area contributed by atoms with Gasteiger partial charge in [0.25, 0.3) is 0 Å². The lowest BCUT2D eigenvalue weighted by molar-refractivity contribution is -0.155. The smallest absolute Gasteiger partial charge is 0.406 e. The summed E-state index contributed by atoms with van der Waals surface area (Å²) in [5, 5.41) is 7.18. The fraction of sp³-hybridized carbons (Fsp3) is 0.571. The van der Waals surface area contributed by atoms with Crippen molar-refractivity contribution in [3.05, 3.63) is 0 Å². The van der Waals surface area contributed by atoms with Crippen molar-refractivity contribution in [2.24, 2.45) is 5.92 Å².